The molecule has 1 aromatic carbocycles. The lowest BCUT2D eigenvalue weighted by atomic mass is 9.87. The average molecular weight is 435 g/mol. The molecule has 0 radical (unpaired) electrons. The Kier molecular flexibility index (Phi) is 6.00. The molecule has 2 N–H and O–H groups in total. The largest absolute Gasteiger partial charge is 0.368 e. The van der Waals surface area contributed by atoms with Crippen molar-refractivity contribution in [3.8, 4) is 11.3 Å². The van der Waals surface area contributed by atoms with Crippen molar-refractivity contribution in [2.75, 3.05) is 50.4 Å². The van der Waals surface area contributed by atoms with Gasteiger partial charge in [-0.3, -0.25) is 4.79 Å². The van der Waals surface area contributed by atoms with Crippen molar-refractivity contribution in [2.45, 2.75) is 45.1 Å². The third-order valence-corrected chi connectivity index (χ3v) is 7.34. The minimum absolute atomic E-state index is 0.223. The Morgan fingerprint density at radius 1 is 0.969 bits per heavy atom. The van der Waals surface area contributed by atoms with E-state index < -0.39 is 0 Å². The lowest BCUT2D eigenvalue weighted by Crippen LogP contribution is -2.44. The second kappa shape index (κ2) is 9.06. The summed E-state index contributed by atoms with van der Waals surface area (Å²) in [5.74, 6) is 1.78. The number of carbonyl (C=O) groups is 1. The monoisotopic (exact) mass is 434 g/mol. The highest BCUT2D eigenvalue weighted by atomic mass is 16.2. The van der Waals surface area contributed by atoms with Crippen LogP contribution in [0.25, 0.3) is 11.3 Å². The molecule has 3 heterocycles. The summed E-state index contributed by atoms with van der Waals surface area (Å²) in [4.78, 5) is 28.8. The molecular formula is C25H34N6O. The van der Waals surface area contributed by atoms with E-state index in [2.05, 4.69) is 56.0 Å². The molecule has 3 aliphatic rings. The maximum absolute atomic E-state index is 13.1. The van der Waals surface area contributed by atoms with Gasteiger partial charge in [-0.25, -0.2) is 4.98 Å². The Balaban J connectivity index is 1.36. The maximum Gasteiger partial charge on any atom is 0.225 e. The molecule has 5 rings (SSSR count). The number of anilines is 2. The van der Waals surface area contributed by atoms with E-state index in [0.717, 1.165) is 69.1 Å². The van der Waals surface area contributed by atoms with Gasteiger partial charge in [0.2, 0.25) is 11.9 Å². The van der Waals surface area contributed by atoms with Crippen LogP contribution in [0.4, 0.5) is 11.8 Å². The molecule has 1 aromatic heterocycles. The van der Waals surface area contributed by atoms with Crippen LogP contribution in [0.15, 0.2) is 24.3 Å². The van der Waals surface area contributed by atoms with E-state index in [1.165, 1.54) is 30.4 Å². The van der Waals surface area contributed by atoms with Gasteiger partial charge in [0.15, 0.2) is 0 Å². The third-order valence-electron chi connectivity index (χ3n) is 7.34. The summed E-state index contributed by atoms with van der Waals surface area (Å²) in [7, 11) is 2.15. The number of fused-ring (bicyclic) bond motifs is 1. The molecule has 7 nitrogen and oxygen atoms in total. The van der Waals surface area contributed by atoms with E-state index in [0.29, 0.717) is 18.4 Å². The zero-order chi connectivity index (χ0) is 22.1. The molecule has 1 amide bonds. The Labute approximate surface area is 190 Å². The number of piperazine rings is 1. The van der Waals surface area contributed by atoms with E-state index in [1.54, 1.807) is 0 Å². The van der Waals surface area contributed by atoms with Crippen LogP contribution in [-0.2, 0) is 17.8 Å². The first kappa shape index (κ1) is 21.2. The fraction of sp³-hybridized carbons (Fsp3) is 0.560. The van der Waals surface area contributed by atoms with Gasteiger partial charge < -0.3 is 20.4 Å². The minimum Gasteiger partial charge on any atom is -0.368 e. The number of carbonyl (C=O) groups excluding carboxylic acids is 1. The summed E-state index contributed by atoms with van der Waals surface area (Å²) in [5, 5.41) is 0. The smallest absolute Gasteiger partial charge is 0.225 e. The zero-order valence-electron chi connectivity index (χ0n) is 19.1. The topological polar surface area (TPSA) is 78.6 Å². The number of benzene rings is 1. The number of hydrogen-bond acceptors (Lipinski definition) is 6. The molecule has 1 saturated heterocycles. The number of aromatic nitrogens is 2. The molecule has 0 spiro atoms. The van der Waals surface area contributed by atoms with Crippen LogP contribution in [-0.4, -0.2) is 65.4 Å². The number of nitrogens with zero attached hydrogens (tertiary/aromatic N) is 5. The second-order valence-corrected chi connectivity index (χ2v) is 9.59. The van der Waals surface area contributed by atoms with Crippen LogP contribution < -0.4 is 10.6 Å². The zero-order valence-corrected chi connectivity index (χ0v) is 19.1. The van der Waals surface area contributed by atoms with E-state index in [-0.39, 0.29) is 5.92 Å². The van der Waals surface area contributed by atoms with E-state index in [9.17, 15) is 4.79 Å². The maximum atomic E-state index is 13.1. The standard InChI is InChI=1S/C25H34N6O/c1-29-11-13-30(14-12-29)23-16-22(27-25(26)28-23)20-8-7-18-9-10-31(17-21(18)15-20)24(32)19-5-3-2-4-6-19/h7-8,15-16,19H,2-6,9-14,17H2,1H3,(H2,26,27,28). The number of amides is 1. The minimum atomic E-state index is 0.223. The molecule has 1 aliphatic carbocycles. The molecule has 1 saturated carbocycles. The molecule has 2 fully saturated rings. The summed E-state index contributed by atoms with van der Waals surface area (Å²) < 4.78 is 0. The molecule has 2 aromatic rings. The Hall–Kier alpha value is -2.67. The number of hydrogen-bond donors (Lipinski definition) is 1. The first-order chi connectivity index (χ1) is 15.6. The van der Waals surface area contributed by atoms with Crippen LogP contribution in [0.3, 0.4) is 0 Å². The van der Waals surface area contributed by atoms with Crippen LogP contribution >= 0.6 is 0 Å². The lowest BCUT2D eigenvalue weighted by molar-refractivity contribution is -0.137. The molecular weight excluding hydrogens is 400 g/mol. The first-order valence-corrected chi connectivity index (χ1v) is 12.1. The summed E-state index contributed by atoms with van der Waals surface area (Å²) in [6.45, 7) is 5.44. The summed E-state index contributed by atoms with van der Waals surface area (Å²) in [6.07, 6.45) is 6.68. The second-order valence-electron chi connectivity index (χ2n) is 9.59. The van der Waals surface area contributed by atoms with E-state index in [4.69, 9.17) is 5.73 Å². The predicted molar refractivity (Wildman–Crippen MR) is 127 cm³/mol. The quantitative estimate of drug-likeness (QED) is 0.800. The number of likely N-dealkylation sites (N-methyl/N-ethyl adjacent to an activating group) is 1. The molecule has 0 bridgehead atoms. The predicted octanol–water partition coefficient (Wildman–Crippen LogP) is 2.94. The normalized spacial score (nSPS) is 20.3. The number of nitrogens with two attached hydrogens (primary N) is 1. The molecule has 170 valence electrons. The van der Waals surface area contributed by atoms with Gasteiger partial charge in [0, 0.05) is 56.8 Å². The molecule has 32 heavy (non-hydrogen) atoms. The fourth-order valence-electron chi connectivity index (χ4n) is 5.31. The third kappa shape index (κ3) is 4.44. The van der Waals surface area contributed by atoms with Crippen molar-refractivity contribution < 1.29 is 4.79 Å². The lowest BCUT2D eigenvalue weighted by Gasteiger charge is -2.33. The van der Waals surface area contributed by atoms with Crippen molar-refractivity contribution in [3.05, 3.63) is 35.4 Å². The molecule has 7 heteroatoms. The highest BCUT2D eigenvalue weighted by Crippen LogP contribution is 2.31. The van der Waals surface area contributed by atoms with Gasteiger partial charge in [-0.05, 0) is 43.5 Å². The Morgan fingerprint density at radius 2 is 1.75 bits per heavy atom. The van der Waals surface area contributed by atoms with Crippen molar-refractivity contribution in [1.82, 2.24) is 19.8 Å². The van der Waals surface area contributed by atoms with Gasteiger partial charge in [0.05, 0.1) is 5.69 Å². The first-order valence-electron chi connectivity index (χ1n) is 12.1. The van der Waals surface area contributed by atoms with E-state index >= 15 is 0 Å². The van der Waals surface area contributed by atoms with Crippen LogP contribution in [0, 0.1) is 5.92 Å². The summed E-state index contributed by atoms with van der Waals surface area (Å²) in [5.41, 5.74) is 10.6. The van der Waals surface area contributed by atoms with E-state index in [1.807, 2.05) is 0 Å². The van der Waals surface area contributed by atoms with Crippen molar-refractivity contribution in [1.29, 1.82) is 0 Å². The molecule has 0 atom stereocenters. The Bertz CT molecular complexity index is 978. The molecule has 0 unspecified atom stereocenters. The van der Waals surface area contributed by atoms with Crippen molar-refractivity contribution in [2.24, 2.45) is 5.92 Å². The summed E-state index contributed by atoms with van der Waals surface area (Å²) >= 11 is 0. The molecule has 2 aliphatic heterocycles. The SMILES string of the molecule is CN1CCN(c2cc(-c3ccc4c(c3)CN(C(=O)C3CCCCC3)CC4)nc(N)n2)CC1. The highest BCUT2D eigenvalue weighted by Gasteiger charge is 2.28. The van der Waals surface area contributed by atoms with Gasteiger partial charge in [-0.1, -0.05) is 31.4 Å². The van der Waals surface area contributed by atoms with Gasteiger partial charge >= 0.3 is 0 Å². The number of nitrogen functional groups attached to an aromatic ring is 1. The van der Waals surface area contributed by atoms with Gasteiger partial charge in [-0.15, -0.1) is 0 Å². The number of rotatable bonds is 3. The van der Waals surface area contributed by atoms with Gasteiger partial charge in [0.25, 0.3) is 0 Å². The van der Waals surface area contributed by atoms with Gasteiger partial charge in [0.1, 0.15) is 5.82 Å². The van der Waals surface area contributed by atoms with Crippen LogP contribution in [0.5, 0.6) is 0 Å². The highest BCUT2D eigenvalue weighted by molar-refractivity contribution is 5.79. The van der Waals surface area contributed by atoms with Crippen LogP contribution in [0.2, 0.25) is 0 Å². The average Bonchev–Trinajstić information content (AvgIpc) is 2.83. The van der Waals surface area contributed by atoms with Crippen LogP contribution in [0.1, 0.15) is 43.2 Å². The van der Waals surface area contributed by atoms with Gasteiger partial charge in [-0.2, -0.15) is 4.98 Å². The van der Waals surface area contributed by atoms with Crippen molar-refractivity contribution in [3.63, 3.8) is 0 Å². The Morgan fingerprint density at radius 3 is 2.53 bits per heavy atom. The summed E-state index contributed by atoms with van der Waals surface area (Å²) in [6, 6.07) is 8.58. The fourth-order valence-corrected chi connectivity index (χ4v) is 5.31. The van der Waals surface area contributed by atoms with Crippen molar-refractivity contribution >= 4 is 17.7 Å².